The second-order valence-corrected chi connectivity index (χ2v) is 7.23. The molecule has 2 rings (SSSR count). The van der Waals surface area contributed by atoms with Crippen LogP contribution < -0.4 is 0 Å². The number of thiophene rings is 1. The second kappa shape index (κ2) is 6.38. The molecule has 1 aliphatic heterocycles. The number of ketones is 1. The van der Waals surface area contributed by atoms with Crippen LogP contribution in [-0.2, 0) is 0 Å². The summed E-state index contributed by atoms with van der Waals surface area (Å²) in [4.78, 5) is 15.2. The summed E-state index contributed by atoms with van der Waals surface area (Å²) in [7, 11) is 0. The van der Waals surface area contributed by atoms with Crippen LogP contribution in [0.25, 0.3) is 0 Å². The zero-order valence-electron chi connectivity index (χ0n) is 11.7. The Kier molecular flexibility index (Phi) is 5.04. The molecule has 1 aromatic rings. The lowest BCUT2D eigenvalue weighted by Crippen LogP contribution is -2.41. The molecule has 4 heteroatoms. The first-order chi connectivity index (χ1) is 9.08. The van der Waals surface area contributed by atoms with Crippen LogP contribution in [0.4, 0.5) is 0 Å². The summed E-state index contributed by atoms with van der Waals surface area (Å²) in [5, 5.41) is 0. The summed E-state index contributed by atoms with van der Waals surface area (Å²) in [5.74, 6) is 0.206. The highest BCUT2D eigenvalue weighted by Crippen LogP contribution is 2.37. The van der Waals surface area contributed by atoms with E-state index in [1.807, 2.05) is 6.07 Å². The van der Waals surface area contributed by atoms with E-state index in [1.165, 1.54) is 37.0 Å². The van der Waals surface area contributed by atoms with E-state index in [1.54, 1.807) is 6.07 Å². The van der Waals surface area contributed by atoms with Crippen LogP contribution in [0.2, 0.25) is 4.34 Å². The van der Waals surface area contributed by atoms with Gasteiger partial charge < -0.3 is 0 Å². The molecule has 0 bridgehead atoms. The molecular weight excluding hydrogens is 278 g/mol. The molecule has 0 aliphatic carbocycles. The number of carbonyl (C=O) groups excluding carboxylic acids is 1. The molecule has 19 heavy (non-hydrogen) atoms. The molecule has 1 fully saturated rings. The Hall–Kier alpha value is -0.380. The number of likely N-dealkylation sites (tertiary alicyclic amines) is 1. The highest BCUT2D eigenvalue weighted by Gasteiger charge is 2.31. The molecule has 0 aromatic carbocycles. The van der Waals surface area contributed by atoms with Gasteiger partial charge in [-0.2, -0.15) is 0 Å². The van der Waals surface area contributed by atoms with Gasteiger partial charge in [0.2, 0.25) is 0 Å². The average molecular weight is 300 g/mol. The minimum absolute atomic E-state index is 0.206. The van der Waals surface area contributed by atoms with Gasteiger partial charge in [-0.15, -0.1) is 11.3 Å². The van der Waals surface area contributed by atoms with Crippen molar-refractivity contribution in [2.24, 2.45) is 5.41 Å². The standard InChI is InChI=1S/C15H22ClNOS/c1-3-15(4-2)7-9-17(10-8-15)11-12(18)13-5-6-14(16)19-13/h5-6H,3-4,7-11H2,1-2H3. The van der Waals surface area contributed by atoms with E-state index in [0.29, 0.717) is 16.3 Å². The average Bonchev–Trinajstić information content (AvgIpc) is 2.87. The Labute approximate surface area is 124 Å². The Morgan fingerprint density at radius 1 is 1.32 bits per heavy atom. The second-order valence-electron chi connectivity index (χ2n) is 5.51. The van der Waals surface area contributed by atoms with E-state index < -0.39 is 0 Å². The van der Waals surface area contributed by atoms with Gasteiger partial charge in [0.05, 0.1) is 15.8 Å². The lowest BCUT2D eigenvalue weighted by atomic mass is 9.74. The summed E-state index contributed by atoms with van der Waals surface area (Å²) in [6.07, 6.45) is 4.95. The first-order valence-electron chi connectivity index (χ1n) is 7.09. The van der Waals surface area contributed by atoms with Crippen molar-refractivity contribution in [3.63, 3.8) is 0 Å². The van der Waals surface area contributed by atoms with Crippen LogP contribution in [0, 0.1) is 5.41 Å². The normalized spacial score (nSPS) is 19.5. The third-order valence-corrected chi connectivity index (χ3v) is 5.90. The summed E-state index contributed by atoms with van der Waals surface area (Å²) >= 11 is 7.26. The molecule has 1 saturated heterocycles. The van der Waals surface area contributed by atoms with Crippen molar-refractivity contribution in [2.75, 3.05) is 19.6 Å². The molecule has 2 heterocycles. The maximum Gasteiger partial charge on any atom is 0.186 e. The monoisotopic (exact) mass is 299 g/mol. The maximum absolute atomic E-state index is 12.1. The first-order valence-corrected chi connectivity index (χ1v) is 8.29. The van der Waals surface area contributed by atoms with E-state index in [2.05, 4.69) is 18.7 Å². The van der Waals surface area contributed by atoms with E-state index in [4.69, 9.17) is 11.6 Å². The van der Waals surface area contributed by atoms with Crippen molar-refractivity contribution < 1.29 is 4.79 Å². The number of Topliss-reactive ketones (excluding diaryl/α,β-unsaturated/α-hetero) is 1. The van der Waals surface area contributed by atoms with Gasteiger partial charge in [-0.05, 0) is 43.5 Å². The van der Waals surface area contributed by atoms with Gasteiger partial charge in [0.25, 0.3) is 0 Å². The number of hydrogen-bond donors (Lipinski definition) is 0. The molecular formula is C15H22ClNOS. The molecule has 1 aliphatic rings. The molecule has 0 N–H and O–H groups in total. The summed E-state index contributed by atoms with van der Waals surface area (Å²) < 4.78 is 0.693. The Bertz CT molecular complexity index is 429. The molecule has 0 radical (unpaired) electrons. The lowest BCUT2D eigenvalue weighted by molar-refractivity contribution is 0.0759. The fraction of sp³-hybridized carbons (Fsp3) is 0.667. The van der Waals surface area contributed by atoms with Crippen molar-refractivity contribution in [1.82, 2.24) is 4.90 Å². The van der Waals surface area contributed by atoms with Crippen molar-refractivity contribution in [3.05, 3.63) is 21.3 Å². The van der Waals surface area contributed by atoms with Crippen LogP contribution in [0.5, 0.6) is 0 Å². The zero-order chi connectivity index (χ0) is 13.9. The number of nitrogens with zero attached hydrogens (tertiary/aromatic N) is 1. The summed E-state index contributed by atoms with van der Waals surface area (Å²) in [6.45, 7) is 7.22. The molecule has 0 atom stereocenters. The van der Waals surface area contributed by atoms with E-state index in [-0.39, 0.29) is 5.78 Å². The number of hydrogen-bond acceptors (Lipinski definition) is 3. The highest BCUT2D eigenvalue weighted by atomic mass is 35.5. The Morgan fingerprint density at radius 3 is 2.42 bits per heavy atom. The molecule has 0 amide bonds. The van der Waals surface area contributed by atoms with Crippen molar-refractivity contribution >= 4 is 28.7 Å². The Morgan fingerprint density at radius 2 is 1.95 bits per heavy atom. The molecule has 0 saturated carbocycles. The predicted molar refractivity (Wildman–Crippen MR) is 82.3 cm³/mol. The van der Waals surface area contributed by atoms with Gasteiger partial charge in [0.15, 0.2) is 5.78 Å². The van der Waals surface area contributed by atoms with Crippen LogP contribution in [0.1, 0.15) is 49.2 Å². The van der Waals surface area contributed by atoms with Crippen LogP contribution in [0.3, 0.4) is 0 Å². The van der Waals surface area contributed by atoms with Gasteiger partial charge in [-0.1, -0.05) is 38.3 Å². The van der Waals surface area contributed by atoms with Gasteiger partial charge in [-0.25, -0.2) is 0 Å². The quantitative estimate of drug-likeness (QED) is 0.747. The van der Waals surface area contributed by atoms with Crippen LogP contribution >= 0.6 is 22.9 Å². The minimum Gasteiger partial charge on any atom is -0.296 e. The summed E-state index contributed by atoms with van der Waals surface area (Å²) in [5.41, 5.74) is 0.520. The van der Waals surface area contributed by atoms with Gasteiger partial charge >= 0.3 is 0 Å². The van der Waals surface area contributed by atoms with E-state index in [0.717, 1.165) is 18.0 Å². The largest absolute Gasteiger partial charge is 0.296 e. The molecule has 0 spiro atoms. The summed E-state index contributed by atoms with van der Waals surface area (Å²) in [6, 6.07) is 3.64. The predicted octanol–water partition coefficient (Wildman–Crippen LogP) is 4.49. The number of halogens is 1. The van der Waals surface area contributed by atoms with Crippen molar-refractivity contribution in [2.45, 2.75) is 39.5 Å². The Balaban J connectivity index is 1.87. The zero-order valence-corrected chi connectivity index (χ0v) is 13.3. The minimum atomic E-state index is 0.206. The third-order valence-electron chi connectivity index (χ3n) is 4.63. The third kappa shape index (κ3) is 3.59. The SMILES string of the molecule is CCC1(CC)CCN(CC(=O)c2ccc(Cl)s2)CC1. The van der Waals surface area contributed by atoms with Gasteiger partial charge in [0, 0.05) is 0 Å². The topological polar surface area (TPSA) is 20.3 Å². The highest BCUT2D eigenvalue weighted by molar-refractivity contribution is 7.18. The fourth-order valence-electron chi connectivity index (χ4n) is 2.89. The first kappa shape index (κ1) is 15.0. The van der Waals surface area contributed by atoms with Crippen molar-refractivity contribution in [1.29, 1.82) is 0 Å². The number of carbonyl (C=O) groups is 1. The number of piperidine rings is 1. The van der Waals surface area contributed by atoms with E-state index >= 15 is 0 Å². The van der Waals surface area contributed by atoms with E-state index in [9.17, 15) is 4.79 Å². The fourth-order valence-corrected chi connectivity index (χ4v) is 3.86. The molecule has 2 nitrogen and oxygen atoms in total. The van der Waals surface area contributed by atoms with Crippen molar-refractivity contribution in [3.8, 4) is 0 Å². The smallest absolute Gasteiger partial charge is 0.186 e. The maximum atomic E-state index is 12.1. The van der Waals surface area contributed by atoms with Gasteiger partial charge in [-0.3, -0.25) is 9.69 Å². The molecule has 1 aromatic heterocycles. The van der Waals surface area contributed by atoms with Gasteiger partial charge in [0.1, 0.15) is 0 Å². The lowest BCUT2D eigenvalue weighted by Gasteiger charge is -2.40. The molecule has 0 unspecified atom stereocenters. The molecule has 106 valence electrons. The van der Waals surface area contributed by atoms with Crippen LogP contribution in [0.15, 0.2) is 12.1 Å². The van der Waals surface area contributed by atoms with Crippen LogP contribution in [-0.4, -0.2) is 30.3 Å². The number of rotatable bonds is 5.